The molecule has 0 atom stereocenters. The highest BCUT2D eigenvalue weighted by Gasteiger charge is 2.26. The third-order valence-corrected chi connectivity index (χ3v) is 4.03. The maximum absolute atomic E-state index is 12.3. The highest BCUT2D eigenvalue weighted by atomic mass is 35.5. The lowest BCUT2D eigenvalue weighted by Gasteiger charge is -2.31. The Bertz CT molecular complexity index is 490. The fraction of sp³-hybridized carbons (Fsp3) is 0.562. The van der Waals surface area contributed by atoms with Crippen LogP contribution in [0.4, 0.5) is 0 Å². The third-order valence-electron chi connectivity index (χ3n) is 3.65. The highest BCUT2D eigenvalue weighted by Crippen LogP contribution is 2.29. The molecule has 0 aliphatic heterocycles. The summed E-state index contributed by atoms with van der Waals surface area (Å²) >= 11 is 11.6. The van der Waals surface area contributed by atoms with Crippen LogP contribution in [0.5, 0.6) is 11.5 Å². The van der Waals surface area contributed by atoms with Crippen LogP contribution in [0.25, 0.3) is 0 Å². The molecule has 0 unspecified atom stereocenters. The molecule has 0 N–H and O–H groups in total. The zero-order valence-electron chi connectivity index (χ0n) is 13.4. The van der Waals surface area contributed by atoms with Gasteiger partial charge in [0.15, 0.2) is 16.3 Å². The molecule has 0 saturated carbocycles. The van der Waals surface area contributed by atoms with Gasteiger partial charge in [-0.15, -0.1) is 0 Å². The molecule has 1 rings (SSSR count). The number of halogens is 2. The third kappa shape index (κ3) is 4.68. The Labute approximate surface area is 142 Å². The van der Waals surface area contributed by atoms with Gasteiger partial charge in [0.05, 0.1) is 14.2 Å². The van der Waals surface area contributed by atoms with Gasteiger partial charge >= 0.3 is 0 Å². The average Bonchev–Trinajstić information content (AvgIpc) is 2.53. The zero-order valence-corrected chi connectivity index (χ0v) is 14.9. The van der Waals surface area contributed by atoms with Crippen LogP contribution in [0.3, 0.4) is 0 Å². The molecule has 6 heteroatoms. The number of hydrogen-bond donors (Lipinski definition) is 0. The van der Waals surface area contributed by atoms with E-state index in [1.165, 1.54) is 0 Å². The van der Waals surface area contributed by atoms with E-state index < -0.39 is 4.84 Å². The number of alkyl halides is 2. The number of benzene rings is 1. The SMILES string of the molecule is CCC(CC)N(Cc1ccc(OC)c(OC)c1)C(=O)C(Cl)Cl. The summed E-state index contributed by atoms with van der Waals surface area (Å²) in [4.78, 5) is 13.0. The molecule has 0 aliphatic rings. The first-order chi connectivity index (χ1) is 10.5. The van der Waals surface area contributed by atoms with Crippen molar-refractivity contribution in [1.29, 1.82) is 0 Å². The Morgan fingerprint density at radius 3 is 2.18 bits per heavy atom. The van der Waals surface area contributed by atoms with Crippen LogP contribution in [0.1, 0.15) is 32.3 Å². The van der Waals surface area contributed by atoms with E-state index in [2.05, 4.69) is 0 Å². The Morgan fingerprint density at radius 2 is 1.73 bits per heavy atom. The molecule has 0 heterocycles. The number of carbonyl (C=O) groups excluding carboxylic acids is 1. The van der Waals surface area contributed by atoms with Gasteiger partial charge in [0.25, 0.3) is 5.91 Å². The van der Waals surface area contributed by atoms with E-state index >= 15 is 0 Å². The van der Waals surface area contributed by atoms with E-state index in [4.69, 9.17) is 32.7 Å². The Kier molecular flexibility index (Phi) is 7.83. The highest BCUT2D eigenvalue weighted by molar-refractivity contribution is 6.53. The Hall–Kier alpha value is -1.13. The van der Waals surface area contributed by atoms with E-state index in [9.17, 15) is 4.79 Å². The van der Waals surface area contributed by atoms with Gasteiger partial charge in [-0.25, -0.2) is 0 Å². The molecule has 0 bridgehead atoms. The minimum absolute atomic E-state index is 0.0978. The molecule has 1 aromatic rings. The van der Waals surface area contributed by atoms with Crippen LogP contribution >= 0.6 is 23.2 Å². The smallest absolute Gasteiger partial charge is 0.256 e. The van der Waals surface area contributed by atoms with Crippen molar-refractivity contribution in [2.45, 2.75) is 44.1 Å². The zero-order chi connectivity index (χ0) is 16.7. The standard InChI is InChI=1S/C16H23Cl2NO3/c1-5-12(6-2)19(16(20)15(17)18)10-11-7-8-13(21-3)14(9-11)22-4/h7-9,12,15H,5-6,10H2,1-4H3. The van der Waals surface area contributed by atoms with Crippen LogP contribution in [0.2, 0.25) is 0 Å². The van der Waals surface area contributed by atoms with Crippen molar-refractivity contribution in [3.63, 3.8) is 0 Å². The molecule has 22 heavy (non-hydrogen) atoms. The summed E-state index contributed by atoms with van der Waals surface area (Å²) < 4.78 is 10.5. The number of ether oxygens (including phenoxy) is 2. The maximum Gasteiger partial charge on any atom is 0.256 e. The first-order valence-electron chi connectivity index (χ1n) is 7.27. The van der Waals surface area contributed by atoms with Gasteiger partial charge in [-0.05, 0) is 30.5 Å². The number of hydrogen-bond acceptors (Lipinski definition) is 3. The molecule has 0 fully saturated rings. The largest absolute Gasteiger partial charge is 0.493 e. The lowest BCUT2D eigenvalue weighted by Crippen LogP contribution is -2.41. The molecule has 0 aromatic heterocycles. The normalized spacial score (nSPS) is 10.9. The quantitative estimate of drug-likeness (QED) is 0.666. The summed E-state index contributed by atoms with van der Waals surface area (Å²) in [5.41, 5.74) is 0.937. The number of amides is 1. The molecule has 0 radical (unpaired) electrons. The molecule has 124 valence electrons. The van der Waals surface area contributed by atoms with Crippen molar-refractivity contribution >= 4 is 29.1 Å². The van der Waals surface area contributed by atoms with E-state index in [0.29, 0.717) is 18.0 Å². The lowest BCUT2D eigenvalue weighted by molar-refractivity contribution is -0.132. The predicted octanol–water partition coefficient (Wildman–Crippen LogP) is 4.02. The Morgan fingerprint density at radius 1 is 1.14 bits per heavy atom. The second kappa shape index (κ2) is 9.11. The number of carbonyl (C=O) groups is 1. The molecule has 0 aliphatic carbocycles. The first-order valence-corrected chi connectivity index (χ1v) is 8.15. The van der Waals surface area contributed by atoms with E-state index in [-0.39, 0.29) is 11.9 Å². The maximum atomic E-state index is 12.3. The second-order valence-corrected chi connectivity index (χ2v) is 6.02. The first kappa shape index (κ1) is 18.9. The van der Waals surface area contributed by atoms with Crippen molar-refractivity contribution in [3.8, 4) is 11.5 Å². The van der Waals surface area contributed by atoms with E-state index in [1.807, 2.05) is 32.0 Å². The van der Waals surface area contributed by atoms with E-state index in [0.717, 1.165) is 18.4 Å². The van der Waals surface area contributed by atoms with Crippen LogP contribution in [-0.2, 0) is 11.3 Å². The van der Waals surface area contributed by atoms with Gasteiger partial charge in [0.2, 0.25) is 0 Å². The predicted molar refractivity (Wildman–Crippen MR) is 90.0 cm³/mol. The van der Waals surface area contributed by atoms with Gasteiger partial charge in [0.1, 0.15) is 0 Å². The van der Waals surface area contributed by atoms with Crippen molar-refractivity contribution < 1.29 is 14.3 Å². The van der Waals surface area contributed by atoms with Crippen LogP contribution in [0, 0.1) is 0 Å². The van der Waals surface area contributed by atoms with Gasteiger partial charge in [-0.3, -0.25) is 4.79 Å². The van der Waals surface area contributed by atoms with Crippen LogP contribution in [-0.4, -0.2) is 35.9 Å². The van der Waals surface area contributed by atoms with Gasteiger partial charge in [-0.2, -0.15) is 0 Å². The summed E-state index contributed by atoms with van der Waals surface area (Å²) in [6.45, 7) is 4.52. The van der Waals surface area contributed by atoms with Crippen molar-refractivity contribution in [1.82, 2.24) is 4.90 Å². The summed E-state index contributed by atoms with van der Waals surface area (Å²) in [6, 6.07) is 5.68. The average molecular weight is 348 g/mol. The number of methoxy groups -OCH3 is 2. The minimum atomic E-state index is -1.05. The fourth-order valence-corrected chi connectivity index (χ4v) is 2.67. The summed E-state index contributed by atoms with van der Waals surface area (Å²) in [5.74, 6) is 1.01. The Balaban J connectivity index is 3.05. The molecular weight excluding hydrogens is 325 g/mol. The second-order valence-electron chi connectivity index (χ2n) is 4.93. The van der Waals surface area contributed by atoms with Gasteiger partial charge in [-0.1, -0.05) is 43.1 Å². The molecule has 1 aromatic carbocycles. The molecule has 1 amide bonds. The van der Waals surface area contributed by atoms with Crippen LogP contribution < -0.4 is 9.47 Å². The summed E-state index contributed by atoms with van der Waals surface area (Å²) in [5, 5.41) is 0. The number of rotatable bonds is 8. The summed E-state index contributed by atoms with van der Waals surface area (Å²) in [7, 11) is 3.17. The topological polar surface area (TPSA) is 38.8 Å². The van der Waals surface area contributed by atoms with Crippen molar-refractivity contribution in [3.05, 3.63) is 23.8 Å². The van der Waals surface area contributed by atoms with Crippen molar-refractivity contribution in [2.75, 3.05) is 14.2 Å². The molecule has 0 saturated heterocycles. The monoisotopic (exact) mass is 347 g/mol. The van der Waals surface area contributed by atoms with Gasteiger partial charge < -0.3 is 14.4 Å². The number of nitrogens with zero attached hydrogens (tertiary/aromatic N) is 1. The van der Waals surface area contributed by atoms with Crippen molar-refractivity contribution in [2.24, 2.45) is 0 Å². The molecular formula is C16H23Cl2NO3. The summed E-state index contributed by atoms with van der Waals surface area (Å²) in [6.07, 6.45) is 1.69. The molecule has 0 spiro atoms. The minimum Gasteiger partial charge on any atom is -0.493 e. The van der Waals surface area contributed by atoms with E-state index in [1.54, 1.807) is 19.1 Å². The van der Waals surface area contributed by atoms with Crippen LogP contribution in [0.15, 0.2) is 18.2 Å². The van der Waals surface area contributed by atoms with Gasteiger partial charge in [0, 0.05) is 12.6 Å². The lowest BCUT2D eigenvalue weighted by atomic mass is 10.1. The fourth-order valence-electron chi connectivity index (χ4n) is 2.42. The molecule has 4 nitrogen and oxygen atoms in total.